The molecule has 1 aromatic rings. The number of halogens is 3. The number of hydrogen-bond acceptors (Lipinski definition) is 1. The first kappa shape index (κ1) is 11.1. The van der Waals surface area contributed by atoms with Crippen LogP contribution >= 0.6 is 47.0 Å². The molecule has 0 atom stereocenters. The molecule has 0 aliphatic heterocycles. The molecule has 13 heavy (non-hydrogen) atoms. The monoisotopic (exact) mass is 253 g/mol. The molecule has 0 amide bonds. The fraction of sp³-hybridized carbons (Fsp3) is 0.125. The van der Waals surface area contributed by atoms with Gasteiger partial charge in [-0.15, -0.1) is 0 Å². The van der Waals surface area contributed by atoms with Crippen molar-refractivity contribution in [2.45, 2.75) is 6.92 Å². The first-order valence-corrected chi connectivity index (χ1v) is 4.97. The van der Waals surface area contributed by atoms with Crippen molar-refractivity contribution in [1.82, 2.24) is 0 Å². The van der Waals surface area contributed by atoms with Crippen molar-refractivity contribution in [1.29, 1.82) is 0 Å². The van der Waals surface area contributed by atoms with Crippen molar-refractivity contribution in [2.75, 3.05) is 5.32 Å². The van der Waals surface area contributed by atoms with Gasteiger partial charge in [0.05, 0.1) is 20.7 Å². The molecule has 0 saturated heterocycles. The van der Waals surface area contributed by atoms with Crippen molar-refractivity contribution in [2.24, 2.45) is 0 Å². The highest BCUT2D eigenvalue weighted by atomic mass is 35.5. The third-order valence-corrected chi connectivity index (χ3v) is 2.22. The van der Waals surface area contributed by atoms with Gasteiger partial charge in [-0.25, -0.2) is 0 Å². The van der Waals surface area contributed by atoms with Crippen molar-refractivity contribution < 1.29 is 0 Å². The quantitative estimate of drug-likeness (QED) is 0.745. The Balaban J connectivity index is 3.13. The number of nitrogens with one attached hydrogen (secondary N) is 1. The normalized spacial score (nSPS) is 9.85. The van der Waals surface area contributed by atoms with Crippen LogP contribution in [0.15, 0.2) is 12.1 Å². The van der Waals surface area contributed by atoms with E-state index in [2.05, 4.69) is 5.32 Å². The summed E-state index contributed by atoms with van der Waals surface area (Å²) in [5, 5.41) is 4.30. The van der Waals surface area contributed by atoms with Gasteiger partial charge in [-0.05, 0) is 19.1 Å². The van der Waals surface area contributed by atoms with E-state index in [0.29, 0.717) is 25.7 Å². The molecule has 0 aliphatic rings. The molecule has 1 rings (SSSR count). The fourth-order valence-electron chi connectivity index (χ4n) is 0.838. The predicted octanol–water partition coefficient (Wildman–Crippen LogP) is 4.41. The third kappa shape index (κ3) is 2.99. The largest absolute Gasteiger partial charge is 0.348 e. The standard InChI is InChI=1S/C8H6Cl3NS/c1-4(13)12-8-6(10)2-5(9)3-7(8)11/h2-3H,1H3,(H,12,13). The summed E-state index contributed by atoms with van der Waals surface area (Å²) < 4.78 is 0. The molecule has 0 aromatic heterocycles. The third-order valence-electron chi connectivity index (χ3n) is 1.31. The van der Waals surface area contributed by atoms with E-state index in [9.17, 15) is 0 Å². The van der Waals surface area contributed by atoms with Gasteiger partial charge in [-0.3, -0.25) is 0 Å². The number of rotatable bonds is 1. The van der Waals surface area contributed by atoms with Crippen LogP contribution in [-0.2, 0) is 0 Å². The van der Waals surface area contributed by atoms with Crippen molar-refractivity contribution >= 4 is 57.7 Å². The van der Waals surface area contributed by atoms with E-state index in [4.69, 9.17) is 47.0 Å². The second-order valence-electron chi connectivity index (χ2n) is 2.43. The Labute approximate surface area is 97.0 Å². The first-order chi connectivity index (χ1) is 6.00. The Morgan fingerprint density at radius 1 is 1.23 bits per heavy atom. The Kier molecular flexibility index (Phi) is 3.80. The van der Waals surface area contributed by atoms with Crippen LogP contribution in [0.2, 0.25) is 15.1 Å². The van der Waals surface area contributed by atoms with E-state index in [1.165, 1.54) is 0 Å². The molecule has 0 fully saturated rings. The Morgan fingerprint density at radius 2 is 1.69 bits per heavy atom. The maximum atomic E-state index is 5.89. The van der Waals surface area contributed by atoms with Gasteiger partial charge in [-0.1, -0.05) is 47.0 Å². The van der Waals surface area contributed by atoms with Crippen LogP contribution in [0.25, 0.3) is 0 Å². The van der Waals surface area contributed by atoms with E-state index < -0.39 is 0 Å². The summed E-state index contributed by atoms with van der Waals surface area (Å²) in [5.41, 5.74) is 0.597. The number of hydrogen-bond donors (Lipinski definition) is 1. The SMILES string of the molecule is CC(=S)Nc1c(Cl)cc(Cl)cc1Cl. The van der Waals surface area contributed by atoms with Crippen LogP contribution in [0.5, 0.6) is 0 Å². The second-order valence-corrected chi connectivity index (χ2v) is 4.29. The molecular weight excluding hydrogens is 249 g/mol. The van der Waals surface area contributed by atoms with Gasteiger partial charge in [-0.2, -0.15) is 0 Å². The highest BCUT2D eigenvalue weighted by Crippen LogP contribution is 2.33. The lowest BCUT2D eigenvalue weighted by molar-refractivity contribution is 1.63. The Bertz CT molecular complexity index is 328. The van der Waals surface area contributed by atoms with Crippen molar-refractivity contribution in [3.63, 3.8) is 0 Å². The van der Waals surface area contributed by atoms with Crippen molar-refractivity contribution in [3.05, 3.63) is 27.2 Å². The summed E-state index contributed by atoms with van der Waals surface area (Å²) in [6.07, 6.45) is 0. The number of anilines is 1. The minimum Gasteiger partial charge on any atom is -0.348 e. The molecule has 1 N–H and O–H groups in total. The summed E-state index contributed by atoms with van der Waals surface area (Å²) in [4.78, 5) is 0.603. The molecule has 0 heterocycles. The van der Waals surface area contributed by atoms with Gasteiger partial charge in [0.15, 0.2) is 0 Å². The fourth-order valence-corrected chi connectivity index (χ4v) is 1.85. The van der Waals surface area contributed by atoms with E-state index in [-0.39, 0.29) is 0 Å². The van der Waals surface area contributed by atoms with Gasteiger partial charge in [0.25, 0.3) is 0 Å². The van der Waals surface area contributed by atoms with E-state index in [1.807, 2.05) is 0 Å². The van der Waals surface area contributed by atoms with Crippen LogP contribution < -0.4 is 5.32 Å². The topological polar surface area (TPSA) is 12.0 Å². The van der Waals surface area contributed by atoms with E-state index in [0.717, 1.165) is 0 Å². The Morgan fingerprint density at radius 3 is 2.08 bits per heavy atom. The molecular formula is C8H6Cl3NS. The predicted molar refractivity (Wildman–Crippen MR) is 63.4 cm³/mol. The highest BCUT2D eigenvalue weighted by molar-refractivity contribution is 7.80. The lowest BCUT2D eigenvalue weighted by Gasteiger charge is -2.08. The summed E-state index contributed by atoms with van der Waals surface area (Å²) in [7, 11) is 0. The number of benzene rings is 1. The lowest BCUT2D eigenvalue weighted by atomic mass is 10.3. The molecule has 0 spiro atoms. The zero-order chi connectivity index (χ0) is 10.0. The average molecular weight is 255 g/mol. The second kappa shape index (κ2) is 4.47. The highest BCUT2D eigenvalue weighted by Gasteiger charge is 2.07. The van der Waals surface area contributed by atoms with Gasteiger partial charge in [0.1, 0.15) is 0 Å². The molecule has 1 aromatic carbocycles. The molecule has 70 valence electrons. The van der Waals surface area contributed by atoms with Gasteiger partial charge in [0.2, 0.25) is 0 Å². The molecule has 0 saturated carbocycles. The zero-order valence-electron chi connectivity index (χ0n) is 6.70. The minimum absolute atomic E-state index is 0.460. The summed E-state index contributed by atoms with van der Waals surface area (Å²) >= 11 is 22.4. The first-order valence-electron chi connectivity index (χ1n) is 3.43. The van der Waals surface area contributed by atoms with Crippen LogP contribution in [-0.4, -0.2) is 4.99 Å². The zero-order valence-corrected chi connectivity index (χ0v) is 9.78. The molecule has 0 unspecified atom stereocenters. The van der Waals surface area contributed by atoms with Crippen LogP contribution in [0.3, 0.4) is 0 Å². The van der Waals surface area contributed by atoms with Gasteiger partial charge < -0.3 is 5.32 Å². The molecule has 0 radical (unpaired) electrons. The molecule has 0 aliphatic carbocycles. The number of thiocarbonyl (C=S) groups is 1. The maximum Gasteiger partial charge on any atom is 0.0767 e. The van der Waals surface area contributed by atoms with Crippen LogP contribution in [0, 0.1) is 0 Å². The molecule has 0 bridgehead atoms. The lowest BCUT2D eigenvalue weighted by Crippen LogP contribution is -2.04. The molecule has 1 nitrogen and oxygen atoms in total. The van der Waals surface area contributed by atoms with Gasteiger partial charge >= 0.3 is 0 Å². The van der Waals surface area contributed by atoms with Gasteiger partial charge in [0, 0.05) is 5.02 Å². The van der Waals surface area contributed by atoms with Crippen molar-refractivity contribution in [3.8, 4) is 0 Å². The smallest absolute Gasteiger partial charge is 0.0767 e. The summed E-state index contributed by atoms with van der Waals surface area (Å²) in [5.74, 6) is 0. The van der Waals surface area contributed by atoms with Crippen LogP contribution in [0.4, 0.5) is 5.69 Å². The summed E-state index contributed by atoms with van der Waals surface area (Å²) in [6, 6.07) is 3.21. The summed E-state index contributed by atoms with van der Waals surface area (Å²) in [6.45, 7) is 1.75. The Hall–Kier alpha value is -0.0200. The van der Waals surface area contributed by atoms with Crippen LogP contribution in [0.1, 0.15) is 6.92 Å². The minimum atomic E-state index is 0.460. The van der Waals surface area contributed by atoms with E-state index >= 15 is 0 Å². The molecule has 5 heteroatoms. The van der Waals surface area contributed by atoms with E-state index in [1.54, 1.807) is 19.1 Å². The average Bonchev–Trinajstić information content (AvgIpc) is 1.96. The maximum absolute atomic E-state index is 5.89.